The first-order valence-electron chi connectivity index (χ1n) is 12.1. The van der Waals surface area contributed by atoms with Crippen LogP contribution < -0.4 is 10.1 Å². The van der Waals surface area contributed by atoms with Gasteiger partial charge < -0.3 is 24.3 Å². The standard InChI is InChI=1S/C27H32N2O9/c1-26(2,3)38-25(32)28-19(15-20-23(30)36-27(4,5)37-24(20)31)13-18-11-12-21(29(33)34)22(14-18)35-16-17-9-7-6-8-10-17/h6-12,14,19-20H,13,15-16H2,1-5H3,(H,28,32). The van der Waals surface area contributed by atoms with Gasteiger partial charge in [-0.3, -0.25) is 19.7 Å². The Morgan fingerprint density at radius 1 is 1.08 bits per heavy atom. The number of benzene rings is 2. The molecule has 0 saturated carbocycles. The van der Waals surface area contributed by atoms with Crippen LogP contribution in [0.15, 0.2) is 48.5 Å². The summed E-state index contributed by atoms with van der Waals surface area (Å²) < 4.78 is 21.5. The molecule has 2 aromatic rings. The third kappa shape index (κ3) is 8.19. The van der Waals surface area contributed by atoms with Crippen LogP contribution >= 0.6 is 0 Å². The summed E-state index contributed by atoms with van der Waals surface area (Å²) in [6.07, 6.45) is -0.772. The molecule has 0 bridgehead atoms. The van der Waals surface area contributed by atoms with Gasteiger partial charge in [0.1, 0.15) is 12.2 Å². The van der Waals surface area contributed by atoms with Gasteiger partial charge in [0.15, 0.2) is 11.7 Å². The van der Waals surface area contributed by atoms with Crippen molar-refractivity contribution in [3.8, 4) is 5.75 Å². The number of carbonyl (C=O) groups is 3. The van der Waals surface area contributed by atoms with Crippen molar-refractivity contribution in [2.45, 2.75) is 71.5 Å². The lowest BCUT2D eigenvalue weighted by Gasteiger charge is -2.34. The van der Waals surface area contributed by atoms with Gasteiger partial charge in [-0.15, -0.1) is 0 Å². The number of ether oxygens (including phenoxy) is 4. The van der Waals surface area contributed by atoms with E-state index in [-0.39, 0.29) is 30.9 Å². The summed E-state index contributed by atoms with van der Waals surface area (Å²) in [5, 5.41) is 14.3. The fourth-order valence-electron chi connectivity index (χ4n) is 3.86. The van der Waals surface area contributed by atoms with Crippen LogP contribution in [-0.2, 0) is 36.8 Å². The molecule has 1 unspecified atom stereocenters. The second-order valence-corrected chi connectivity index (χ2v) is 10.4. The molecule has 1 N–H and O–H groups in total. The van der Waals surface area contributed by atoms with Crippen LogP contribution in [0.3, 0.4) is 0 Å². The summed E-state index contributed by atoms with van der Waals surface area (Å²) in [5.74, 6) is -4.14. The maximum Gasteiger partial charge on any atom is 0.407 e. The summed E-state index contributed by atoms with van der Waals surface area (Å²) in [7, 11) is 0. The van der Waals surface area contributed by atoms with Gasteiger partial charge in [0.2, 0.25) is 0 Å². The second kappa shape index (κ2) is 11.5. The molecular weight excluding hydrogens is 496 g/mol. The van der Waals surface area contributed by atoms with Crippen LogP contribution in [0, 0.1) is 16.0 Å². The molecule has 0 radical (unpaired) electrons. The molecule has 1 atom stereocenters. The number of rotatable bonds is 9. The van der Waals surface area contributed by atoms with E-state index in [9.17, 15) is 24.5 Å². The molecule has 1 aliphatic heterocycles. The molecule has 0 aliphatic carbocycles. The number of nitro groups is 1. The highest BCUT2D eigenvalue weighted by atomic mass is 16.7. The van der Waals surface area contributed by atoms with E-state index < -0.39 is 46.3 Å². The van der Waals surface area contributed by atoms with E-state index in [1.165, 1.54) is 32.0 Å². The number of hydrogen-bond donors (Lipinski definition) is 1. The average molecular weight is 529 g/mol. The lowest BCUT2D eigenvalue weighted by atomic mass is 9.94. The van der Waals surface area contributed by atoms with Crippen LogP contribution in [0.2, 0.25) is 0 Å². The highest BCUT2D eigenvalue weighted by molar-refractivity contribution is 5.96. The van der Waals surface area contributed by atoms with Crippen molar-refractivity contribution in [2.24, 2.45) is 5.92 Å². The average Bonchev–Trinajstić information content (AvgIpc) is 2.78. The predicted octanol–water partition coefficient (Wildman–Crippen LogP) is 4.45. The Morgan fingerprint density at radius 2 is 1.71 bits per heavy atom. The molecule has 3 rings (SSSR count). The van der Waals surface area contributed by atoms with Crippen molar-refractivity contribution in [1.82, 2.24) is 5.32 Å². The number of nitrogens with zero attached hydrogens (tertiary/aromatic N) is 1. The molecule has 11 heteroatoms. The number of amides is 1. The molecule has 2 aromatic carbocycles. The van der Waals surface area contributed by atoms with Gasteiger partial charge in [-0.05, 0) is 50.8 Å². The van der Waals surface area contributed by atoms with Crippen molar-refractivity contribution < 1.29 is 38.3 Å². The van der Waals surface area contributed by atoms with Gasteiger partial charge in [-0.25, -0.2) is 4.79 Å². The summed E-state index contributed by atoms with van der Waals surface area (Å²) in [6.45, 7) is 8.11. The van der Waals surface area contributed by atoms with Gasteiger partial charge in [0.25, 0.3) is 5.79 Å². The Morgan fingerprint density at radius 3 is 2.29 bits per heavy atom. The number of alkyl carbamates (subject to hydrolysis) is 1. The van der Waals surface area contributed by atoms with Crippen molar-refractivity contribution >= 4 is 23.7 Å². The topological polar surface area (TPSA) is 143 Å². The van der Waals surface area contributed by atoms with Gasteiger partial charge in [-0.2, -0.15) is 0 Å². The van der Waals surface area contributed by atoms with Crippen LogP contribution in [0.5, 0.6) is 5.75 Å². The Hall–Kier alpha value is -4.15. The number of carbonyl (C=O) groups excluding carboxylic acids is 3. The fourth-order valence-corrected chi connectivity index (χ4v) is 3.86. The summed E-state index contributed by atoms with van der Waals surface area (Å²) in [5.41, 5.74) is 0.391. The molecule has 1 saturated heterocycles. The van der Waals surface area contributed by atoms with Crippen molar-refractivity contribution in [3.63, 3.8) is 0 Å². The van der Waals surface area contributed by atoms with E-state index in [0.29, 0.717) is 5.56 Å². The summed E-state index contributed by atoms with van der Waals surface area (Å²) in [4.78, 5) is 48.7. The predicted molar refractivity (Wildman–Crippen MR) is 135 cm³/mol. The number of nitrogens with one attached hydrogen (secondary N) is 1. The maximum absolute atomic E-state index is 12.6. The molecule has 1 aliphatic rings. The van der Waals surface area contributed by atoms with E-state index in [1.54, 1.807) is 20.8 Å². The summed E-state index contributed by atoms with van der Waals surface area (Å²) >= 11 is 0. The van der Waals surface area contributed by atoms with Crippen LogP contribution in [0.4, 0.5) is 10.5 Å². The van der Waals surface area contributed by atoms with Crippen molar-refractivity contribution in [1.29, 1.82) is 0 Å². The van der Waals surface area contributed by atoms with E-state index >= 15 is 0 Å². The minimum Gasteiger partial charge on any atom is -0.482 e. The SMILES string of the molecule is CC(C)(C)OC(=O)NC(Cc1ccc([N+](=O)[O-])c(OCc2ccccc2)c1)CC1C(=O)OC(C)(C)OC1=O. The van der Waals surface area contributed by atoms with Gasteiger partial charge in [0, 0.05) is 26.0 Å². The van der Waals surface area contributed by atoms with Crippen LogP contribution in [-0.4, -0.2) is 40.4 Å². The molecule has 1 fully saturated rings. The van der Waals surface area contributed by atoms with E-state index in [2.05, 4.69) is 5.32 Å². The maximum atomic E-state index is 12.6. The van der Waals surface area contributed by atoms with E-state index in [1.807, 2.05) is 30.3 Å². The lowest BCUT2D eigenvalue weighted by Crippen LogP contribution is -2.49. The molecular formula is C27H32N2O9. The van der Waals surface area contributed by atoms with E-state index in [0.717, 1.165) is 5.56 Å². The minimum absolute atomic E-state index is 0.0469. The lowest BCUT2D eigenvalue weighted by molar-refractivity contribution is -0.386. The zero-order valence-corrected chi connectivity index (χ0v) is 22.0. The minimum atomic E-state index is -1.39. The zero-order valence-electron chi connectivity index (χ0n) is 22.0. The van der Waals surface area contributed by atoms with Crippen LogP contribution in [0.25, 0.3) is 0 Å². The quantitative estimate of drug-likeness (QED) is 0.216. The number of esters is 2. The smallest absolute Gasteiger partial charge is 0.407 e. The molecule has 204 valence electrons. The Bertz CT molecular complexity index is 1170. The number of cyclic esters (lactones) is 2. The van der Waals surface area contributed by atoms with Gasteiger partial charge >= 0.3 is 23.7 Å². The van der Waals surface area contributed by atoms with E-state index in [4.69, 9.17) is 18.9 Å². The summed E-state index contributed by atoms with van der Waals surface area (Å²) in [6, 6.07) is 12.7. The first-order chi connectivity index (χ1) is 17.7. The molecule has 0 aromatic heterocycles. The highest BCUT2D eigenvalue weighted by Crippen LogP contribution is 2.31. The number of hydrogen-bond acceptors (Lipinski definition) is 9. The Kier molecular flexibility index (Phi) is 8.60. The largest absolute Gasteiger partial charge is 0.482 e. The zero-order chi connectivity index (χ0) is 28.1. The first-order valence-corrected chi connectivity index (χ1v) is 12.1. The second-order valence-electron chi connectivity index (χ2n) is 10.4. The Labute approximate surface area is 220 Å². The fraction of sp³-hybridized carbons (Fsp3) is 0.444. The van der Waals surface area contributed by atoms with Crippen molar-refractivity contribution in [2.75, 3.05) is 0 Å². The van der Waals surface area contributed by atoms with Crippen LogP contribution in [0.1, 0.15) is 52.2 Å². The number of nitro benzene ring substituents is 1. The molecule has 0 spiro atoms. The molecule has 1 amide bonds. The monoisotopic (exact) mass is 528 g/mol. The van der Waals surface area contributed by atoms with Gasteiger partial charge in [-0.1, -0.05) is 36.4 Å². The molecule has 11 nitrogen and oxygen atoms in total. The molecule has 1 heterocycles. The normalized spacial score (nSPS) is 16.1. The third-order valence-electron chi connectivity index (χ3n) is 5.44. The molecule has 38 heavy (non-hydrogen) atoms. The highest BCUT2D eigenvalue weighted by Gasteiger charge is 2.44. The Balaban J connectivity index is 1.84. The van der Waals surface area contributed by atoms with Crippen molar-refractivity contribution in [3.05, 3.63) is 69.8 Å². The van der Waals surface area contributed by atoms with Gasteiger partial charge in [0.05, 0.1) is 4.92 Å². The first kappa shape index (κ1) is 28.4. The third-order valence-corrected chi connectivity index (χ3v) is 5.44.